The first-order chi connectivity index (χ1) is 16.0. The van der Waals surface area contributed by atoms with Gasteiger partial charge in [-0.25, -0.2) is 0 Å². The molecule has 33 heavy (non-hydrogen) atoms. The first-order valence-electron chi connectivity index (χ1n) is 10.3. The maximum atomic E-state index is 13.2. The lowest BCUT2D eigenvalue weighted by Gasteiger charge is -2.15. The van der Waals surface area contributed by atoms with Crippen molar-refractivity contribution in [3.05, 3.63) is 95.0 Å². The van der Waals surface area contributed by atoms with Gasteiger partial charge in [0.2, 0.25) is 11.8 Å². The molecule has 166 valence electrons. The first-order valence-corrected chi connectivity index (χ1v) is 11.5. The summed E-state index contributed by atoms with van der Waals surface area (Å²) in [6.07, 6.45) is 1.65. The van der Waals surface area contributed by atoms with E-state index in [1.807, 2.05) is 61.5 Å². The van der Waals surface area contributed by atoms with Crippen molar-refractivity contribution >= 4 is 57.9 Å². The van der Waals surface area contributed by atoms with Gasteiger partial charge in [-0.3, -0.25) is 14.5 Å². The van der Waals surface area contributed by atoms with E-state index in [2.05, 4.69) is 15.5 Å². The fraction of sp³-hybridized carbons (Fsp3) is 0.120. The molecule has 1 atom stereocenters. The third-order valence-corrected chi connectivity index (χ3v) is 6.26. The summed E-state index contributed by atoms with van der Waals surface area (Å²) in [5.74, 6) is -0.470. The van der Waals surface area contributed by atoms with Gasteiger partial charge in [-0.2, -0.15) is 5.10 Å². The average Bonchev–Trinajstić information content (AvgIpc) is 3.12. The molecule has 0 aromatic heterocycles. The number of anilines is 2. The second-order valence-electron chi connectivity index (χ2n) is 7.41. The molecule has 0 radical (unpaired) electrons. The number of hydrogen-bond donors (Lipinski definition) is 1. The van der Waals surface area contributed by atoms with Gasteiger partial charge in [0.05, 0.1) is 11.9 Å². The van der Waals surface area contributed by atoms with Gasteiger partial charge in [0.1, 0.15) is 5.25 Å². The quantitative estimate of drug-likeness (QED) is 0.376. The molecule has 1 aliphatic rings. The first kappa shape index (κ1) is 22.8. The van der Waals surface area contributed by atoms with Gasteiger partial charge in [-0.1, -0.05) is 71.4 Å². The summed E-state index contributed by atoms with van der Waals surface area (Å²) in [4.78, 5) is 27.3. The minimum absolute atomic E-state index is 0.0101. The zero-order valence-corrected chi connectivity index (χ0v) is 19.4. The van der Waals surface area contributed by atoms with E-state index in [0.29, 0.717) is 21.6 Å². The molecule has 1 heterocycles. The molecule has 0 bridgehead atoms. The Morgan fingerprint density at radius 1 is 1.06 bits per heavy atom. The summed E-state index contributed by atoms with van der Waals surface area (Å²) in [5, 5.41) is 11.7. The molecule has 1 aliphatic heterocycles. The van der Waals surface area contributed by atoms with E-state index >= 15 is 0 Å². The monoisotopic (exact) mass is 476 g/mol. The van der Waals surface area contributed by atoms with Crippen molar-refractivity contribution < 1.29 is 9.59 Å². The highest BCUT2D eigenvalue weighted by atomic mass is 35.5. The summed E-state index contributed by atoms with van der Waals surface area (Å²) < 4.78 is 0. The number of carbonyl (C=O) groups excluding carboxylic acids is 2. The molecule has 1 fully saturated rings. The van der Waals surface area contributed by atoms with E-state index in [-0.39, 0.29) is 18.2 Å². The van der Waals surface area contributed by atoms with Crippen molar-refractivity contribution in [1.29, 1.82) is 0 Å². The number of rotatable bonds is 6. The minimum atomic E-state index is -0.606. The van der Waals surface area contributed by atoms with Crippen molar-refractivity contribution in [2.75, 3.05) is 10.2 Å². The van der Waals surface area contributed by atoms with E-state index in [9.17, 15) is 9.59 Å². The van der Waals surface area contributed by atoms with Crippen LogP contribution in [-0.4, -0.2) is 28.4 Å². The number of nitrogens with zero attached hydrogens (tertiary/aromatic N) is 3. The van der Waals surface area contributed by atoms with Crippen LogP contribution >= 0.6 is 23.4 Å². The molecular formula is C25H21ClN4O2S. The normalized spacial score (nSPS) is 17.2. The molecule has 0 saturated carbocycles. The third kappa shape index (κ3) is 5.88. The van der Waals surface area contributed by atoms with E-state index in [1.54, 1.807) is 30.5 Å². The second-order valence-corrected chi connectivity index (χ2v) is 9.02. The van der Waals surface area contributed by atoms with Crippen molar-refractivity contribution in [3.8, 4) is 0 Å². The smallest absolute Gasteiger partial charge is 0.247 e. The number of nitrogens with one attached hydrogen (secondary N) is 1. The van der Waals surface area contributed by atoms with E-state index in [0.717, 1.165) is 11.1 Å². The van der Waals surface area contributed by atoms with E-state index < -0.39 is 5.25 Å². The molecule has 3 aromatic carbocycles. The zero-order valence-electron chi connectivity index (χ0n) is 17.8. The van der Waals surface area contributed by atoms with Crippen molar-refractivity contribution in [2.45, 2.75) is 18.6 Å². The number of halogens is 1. The molecule has 0 aliphatic carbocycles. The number of benzene rings is 3. The molecule has 1 N–H and O–H groups in total. The van der Waals surface area contributed by atoms with Crippen LogP contribution in [0.3, 0.4) is 0 Å². The Bertz CT molecular complexity index is 1200. The summed E-state index contributed by atoms with van der Waals surface area (Å²) in [5.41, 5.74) is 3.37. The lowest BCUT2D eigenvalue weighted by Crippen LogP contribution is -2.33. The fourth-order valence-electron chi connectivity index (χ4n) is 3.19. The van der Waals surface area contributed by atoms with Crippen LogP contribution in [0.25, 0.3) is 0 Å². The maximum absolute atomic E-state index is 13.2. The Morgan fingerprint density at radius 2 is 1.76 bits per heavy atom. The van der Waals surface area contributed by atoms with E-state index in [1.165, 1.54) is 16.7 Å². The number of amidine groups is 1. The van der Waals surface area contributed by atoms with Crippen molar-refractivity contribution in [3.63, 3.8) is 0 Å². The van der Waals surface area contributed by atoms with Gasteiger partial charge in [0.25, 0.3) is 0 Å². The zero-order chi connectivity index (χ0) is 23.2. The Kier molecular flexibility index (Phi) is 7.22. The number of aryl methyl sites for hydroxylation is 1. The van der Waals surface area contributed by atoms with Crippen LogP contribution in [0.15, 0.2) is 89.1 Å². The largest absolute Gasteiger partial charge is 0.326 e. The van der Waals surface area contributed by atoms with Crippen molar-refractivity contribution in [2.24, 2.45) is 10.2 Å². The molecule has 8 heteroatoms. The van der Waals surface area contributed by atoms with E-state index in [4.69, 9.17) is 11.6 Å². The predicted molar refractivity (Wildman–Crippen MR) is 136 cm³/mol. The van der Waals surface area contributed by atoms with Gasteiger partial charge in [-0.05, 0) is 48.9 Å². The lowest BCUT2D eigenvalue weighted by molar-refractivity contribution is -0.121. The average molecular weight is 477 g/mol. The van der Waals surface area contributed by atoms with Gasteiger partial charge in [0, 0.05) is 17.1 Å². The predicted octanol–water partition coefficient (Wildman–Crippen LogP) is 5.52. The highest BCUT2D eigenvalue weighted by Crippen LogP contribution is 2.34. The summed E-state index contributed by atoms with van der Waals surface area (Å²) in [7, 11) is 0. The summed E-state index contributed by atoms with van der Waals surface area (Å²) in [6, 6.07) is 23.9. The number of amides is 2. The van der Waals surface area contributed by atoms with Crippen LogP contribution in [-0.2, 0) is 9.59 Å². The van der Waals surface area contributed by atoms with Gasteiger partial charge in [0.15, 0.2) is 5.17 Å². The number of para-hydroxylation sites is 1. The van der Waals surface area contributed by atoms with Crippen molar-refractivity contribution in [1.82, 2.24) is 0 Å². The third-order valence-electron chi connectivity index (χ3n) is 4.88. The van der Waals surface area contributed by atoms with Crippen LogP contribution < -0.4 is 10.2 Å². The Labute approximate surface area is 201 Å². The molecule has 3 aromatic rings. The highest BCUT2D eigenvalue weighted by molar-refractivity contribution is 8.16. The molecule has 1 unspecified atom stereocenters. The topological polar surface area (TPSA) is 74.1 Å². The minimum Gasteiger partial charge on any atom is -0.326 e. The molecule has 4 rings (SSSR count). The fourth-order valence-corrected chi connectivity index (χ4v) is 4.41. The van der Waals surface area contributed by atoms with Gasteiger partial charge in [-0.15, -0.1) is 5.10 Å². The molecular weight excluding hydrogens is 456 g/mol. The van der Waals surface area contributed by atoms with Crippen LogP contribution in [0.5, 0.6) is 0 Å². The highest BCUT2D eigenvalue weighted by Gasteiger charge is 2.40. The number of carbonyl (C=O) groups is 2. The number of hydrogen-bond acceptors (Lipinski definition) is 5. The van der Waals surface area contributed by atoms with Gasteiger partial charge < -0.3 is 5.32 Å². The molecule has 0 spiro atoms. The summed E-state index contributed by atoms with van der Waals surface area (Å²) in [6.45, 7) is 2.02. The SMILES string of the molecule is Cc1ccc(C=NN=C2SC(CC(=O)Nc3ccc(Cl)cc3)C(=O)N2c2ccccc2)cc1. The van der Waals surface area contributed by atoms with Gasteiger partial charge >= 0.3 is 0 Å². The van der Waals surface area contributed by atoms with Crippen LogP contribution in [0, 0.1) is 6.92 Å². The molecule has 2 amide bonds. The molecule has 6 nitrogen and oxygen atoms in total. The van der Waals surface area contributed by atoms with Crippen LogP contribution in [0.2, 0.25) is 5.02 Å². The Hall–Kier alpha value is -3.42. The Balaban J connectivity index is 1.52. The van der Waals surface area contributed by atoms with Crippen LogP contribution in [0.1, 0.15) is 17.5 Å². The lowest BCUT2D eigenvalue weighted by atomic mass is 10.2. The van der Waals surface area contributed by atoms with Crippen LogP contribution in [0.4, 0.5) is 11.4 Å². The Morgan fingerprint density at radius 3 is 2.45 bits per heavy atom. The number of thioether (sulfide) groups is 1. The summed E-state index contributed by atoms with van der Waals surface area (Å²) >= 11 is 7.12. The molecule has 1 saturated heterocycles. The second kappa shape index (κ2) is 10.5. The maximum Gasteiger partial charge on any atom is 0.247 e. The standard InChI is InChI=1S/C25H21ClN4O2S/c1-17-7-9-18(10-8-17)16-27-29-25-30(21-5-3-2-4-6-21)24(32)22(33-25)15-23(31)28-20-13-11-19(26)12-14-20/h2-14,16,22H,15H2,1H3,(H,28,31).